The number of ether oxygens (including phenoxy) is 2. The van der Waals surface area contributed by atoms with E-state index in [1.54, 1.807) is 4.90 Å². The van der Waals surface area contributed by atoms with Gasteiger partial charge < -0.3 is 19.3 Å². The molecule has 8 heteroatoms. The Morgan fingerprint density at radius 3 is 2.91 bits per heavy atom. The molecular weight excluding hydrogens is 286 g/mol. The first-order valence-corrected chi connectivity index (χ1v) is 7.52. The van der Waals surface area contributed by atoms with Crippen molar-refractivity contribution in [3.63, 3.8) is 0 Å². The zero-order chi connectivity index (χ0) is 15.9. The lowest BCUT2D eigenvalue weighted by atomic mass is 10.3. The number of amides is 1. The Hall–Kier alpha value is -1.51. The van der Waals surface area contributed by atoms with Crippen molar-refractivity contribution in [3.8, 4) is 0 Å². The highest BCUT2D eigenvalue weighted by atomic mass is 16.5. The van der Waals surface area contributed by atoms with E-state index in [0.717, 1.165) is 30.9 Å². The van der Waals surface area contributed by atoms with Gasteiger partial charge in [0.1, 0.15) is 12.3 Å². The molecule has 1 aromatic heterocycles. The Labute approximate surface area is 131 Å². The molecule has 1 amide bonds. The summed E-state index contributed by atoms with van der Waals surface area (Å²) in [5.41, 5.74) is 1.78. The summed E-state index contributed by atoms with van der Waals surface area (Å²) in [6, 6.07) is 0. The highest BCUT2D eigenvalue weighted by Gasteiger charge is 2.23. The lowest BCUT2D eigenvalue weighted by molar-refractivity contribution is -0.135. The molecule has 0 atom stereocenters. The lowest BCUT2D eigenvalue weighted by Gasteiger charge is -2.19. The minimum atomic E-state index is -0.00312. The van der Waals surface area contributed by atoms with Gasteiger partial charge in [0.2, 0.25) is 5.91 Å². The molecule has 0 N–H and O–H groups in total. The van der Waals surface area contributed by atoms with Crippen LogP contribution in [-0.4, -0.2) is 78.2 Å². The smallest absolute Gasteiger partial charge is 0.248 e. The van der Waals surface area contributed by atoms with E-state index in [4.69, 9.17) is 9.47 Å². The molecule has 1 aliphatic rings. The number of hydrogen-bond donors (Lipinski definition) is 0. The number of carbonyl (C=O) groups excluding carboxylic acids is 1. The van der Waals surface area contributed by atoms with Gasteiger partial charge in [-0.25, -0.2) is 4.68 Å². The van der Waals surface area contributed by atoms with Crippen LogP contribution in [0.5, 0.6) is 0 Å². The molecule has 0 aromatic carbocycles. The van der Waals surface area contributed by atoms with Crippen LogP contribution in [0.4, 0.5) is 0 Å². The van der Waals surface area contributed by atoms with Crippen LogP contribution < -0.4 is 0 Å². The third-order valence-electron chi connectivity index (χ3n) is 3.60. The van der Waals surface area contributed by atoms with E-state index in [-0.39, 0.29) is 12.5 Å². The molecule has 124 valence electrons. The molecule has 0 spiro atoms. The largest absolute Gasteiger partial charge is 0.375 e. The molecule has 8 nitrogen and oxygen atoms in total. The number of fused-ring (bicyclic) bond motifs is 1. The summed E-state index contributed by atoms with van der Waals surface area (Å²) in [7, 11) is 5.55. The third kappa shape index (κ3) is 4.49. The Balaban J connectivity index is 1.98. The summed E-state index contributed by atoms with van der Waals surface area (Å²) in [6.07, 6.45) is 0.868. The van der Waals surface area contributed by atoms with Crippen molar-refractivity contribution in [1.82, 2.24) is 24.8 Å². The molecule has 1 aliphatic heterocycles. The second-order valence-corrected chi connectivity index (χ2v) is 5.66. The summed E-state index contributed by atoms with van der Waals surface area (Å²) in [5, 5.41) is 8.38. The van der Waals surface area contributed by atoms with E-state index in [1.807, 2.05) is 18.8 Å². The third-order valence-corrected chi connectivity index (χ3v) is 3.60. The van der Waals surface area contributed by atoms with Crippen LogP contribution in [-0.2, 0) is 34.0 Å². The second-order valence-electron chi connectivity index (χ2n) is 5.66. The molecule has 0 saturated heterocycles. The molecule has 22 heavy (non-hydrogen) atoms. The highest BCUT2D eigenvalue weighted by molar-refractivity contribution is 5.77. The van der Waals surface area contributed by atoms with Crippen molar-refractivity contribution in [2.24, 2.45) is 0 Å². The van der Waals surface area contributed by atoms with E-state index in [2.05, 4.69) is 15.2 Å². The average molecular weight is 311 g/mol. The van der Waals surface area contributed by atoms with Crippen LogP contribution in [0.3, 0.4) is 0 Å². The molecule has 0 bridgehead atoms. The fraction of sp³-hybridized carbons (Fsp3) is 0.786. The van der Waals surface area contributed by atoms with Crippen molar-refractivity contribution >= 4 is 5.91 Å². The monoisotopic (exact) mass is 311 g/mol. The quantitative estimate of drug-likeness (QED) is 0.646. The fourth-order valence-corrected chi connectivity index (χ4v) is 2.35. The second kappa shape index (κ2) is 8.21. The molecule has 0 aliphatic carbocycles. The van der Waals surface area contributed by atoms with Crippen LogP contribution in [0.15, 0.2) is 0 Å². The fourth-order valence-electron chi connectivity index (χ4n) is 2.35. The molecule has 1 aromatic rings. The first-order valence-electron chi connectivity index (χ1n) is 7.52. The van der Waals surface area contributed by atoms with Crippen LogP contribution in [0, 0.1) is 0 Å². The van der Waals surface area contributed by atoms with Crippen molar-refractivity contribution in [3.05, 3.63) is 11.4 Å². The maximum Gasteiger partial charge on any atom is 0.248 e. The van der Waals surface area contributed by atoms with Crippen LogP contribution in [0.25, 0.3) is 0 Å². The van der Waals surface area contributed by atoms with Gasteiger partial charge in [-0.3, -0.25) is 4.79 Å². The number of methoxy groups -OCH3 is 1. The first kappa shape index (κ1) is 16.9. The number of rotatable bonds is 7. The van der Waals surface area contributed by atoms with Gasteiger partial charge in [-0.1, -0.05) is 5.21 Å². The molecular formula is C14H25N5O3. The van der Waals surface area contributed by atoms with Crippen molar-refractivity contribution < 1.29 is 14.3 Å². The van der Waals surface area contributed by atoms with Gasteiger partial charge >= 0.3 is 0 Å². The predicted octanol–water partition coefficient (Wildman–Crippen LogP) is -0.265. The van der Waals surface area contributed by atoms with Gasteiger partial charge in [-0.05, 0) is 20.5 Å². The lowest BCUT2D eigenvalue weighted by Crippen LogP contribution is -2.33. The Morgan fingerprint density at radius 2 is 2.18 bits per heavy atom. The van der Waals surface area contributed by atoms with E-state index >= 15 is 0 Å². The van der Waals surface area contributed by atoms with E-state index in [1.165, 1.54) is 7.11 Å². The maximum absolute atomic E-state index is 12.0. The minimum absolute atomic E-state index is 0.00312. The number of likely N-dealkylation sites (N-methyl/N-ethyl adjacent to an activating group) is 1. The van der Waals surface area contributed by atoms with Crippen molar-refractivity contribution in [1.29, 1.82) is 0 Å². The van der Waals surface area contributed by atoms with Crippen LogP contribution in [0.2, 0.25) is 0 Å². The summed E-state index contributed by atoms with van der Waals surface area (Å²) < 4.78 is 12.5. The molecule has 2 rings (SSSR count). The topological polar surface area (TPSA) is 72.7 Å². The number of hydrogen-bond acceptors (Lipinski definition) is 6. The minimum Gasteiger partial charge on any atom is -0.375 e. The Morgan fingerprint density at radius 1 is 1.36 bits per heavy atom. The van der Waals surface area contributed by atoms with E-state index in [0.29, 0.717) is 26.3 Å². The molecule has 0 saturated carbocycles. The predicted molar refractivity (Wildman–Crippen MR) is 80.1 cm³/mol. The van der Waals surface area contributed by atoms with Crippen LogP contribution >= 0.6 is 0 Å². The molecule has 2 heterocycles. The van der Waals surface area contributed by atoms with Gasteiger partial charge in [-0.2, -0.15) is 0 Å². The molecule has 0 fully saturated rings. The zero-order valence-electron chi connectivity index (χ0n) is 13.6. The normalized spacial score (nSPS) is 15.0. The maximum atomic E-state index is 12.0. The number of nitrogens with zero attached hydrogens (tertiary/aromatic N) is 5. The SMILES string of the molecule is COCC(=O)N1CCCn2nnc(COCCN(C)C)c2C1. The summed E-state index contributed by atoms with van der Waals surface area (Å²) in [5.74, 6) is -0.00312. The highest BCUT2D eigenvalue weighted by Crippen LogP contribution is 2.15. The van der Waals surface area contributed by atoms with Crippen molar-refractivity contribution in [2.45, 2.75) is 26.1 Å². The number of aryl methyl sites for hydroxylation is 1. The van der Waals surface area contributed by atoms with Gasteiger partial charge in [0.05, 0.1) is 25.5 Å². The molecule has 0 unspecified atom stereocenters. The first-order chi connectivity index (χ1) is 10.6. The number of aromatic nitrogens is 3. The average Bonchev–Trinajstić information content (AvgIpc) is 2.72. The zero-order valence-corrected chi connectivity index (χ0v) is 13.6. The summed E-state index contributed by atoms with van der Waals surface area (Å²) in [4.78, 5) is 15.9. The number of carbonyl (C=O) groups is 1. The van der Waals surface area contributed by atoms with Gasteiger partial charge in [0, 0.05) is 26.7 Å². The van der Waals surface area contributed by atoms with Crippen LogP contribution in [0.1, 0.15) is 17.8 Å². The Bertz CT molecular complexity index is 489. The van der Waals surface area contributed by atoms with Gasteiger partial charge in [-0.15, -0.1) is 5.10 Å². The Kier molecular flexibility index (Phi) is 6.29. The molecule has 0 radical (unpaired) electrons. The summed E-state index contributed by atoms with van der Waals surface area (Å²) >= 11 is 0. The van der Waals surface area contributed by atoms with Crippen molar-refractivity contribution in [2.75, 3.05) is 47.5 Å². The van der Waals surface area contributed by atoms with Gasteiger partial charge in [0.15, 0.2) is 0 Å². The summed E-state index contributed by atoms with van der Waals surface area (Å²) in [6.45, 7) is 4.05. The van der Waals surface area contributed by atoms with E-state index < -0.39 is 0 Å². The van der Waals surface area contributed by atoms with Gasteiger partial charge in [0.25, 0.3) is 0 Å². The van der Waals surface area contributed by atoms with E-state index in [9.17, 15) is 4.79 Å². The standard InChI is InChI=1S/C14H25N5O3/c1-17(2)7-8-22-10-12-13-9-18(14(20)11-21-3)5-4-6-19(13)16-15-12/h4-11H2,1-3H3.